The third-order valence-corrected chi connectivity index (χ3v) is 2.33. The Hall–Kier alpha value is -1.69. The first kappa shape index (κ1) is 13.4. The van der Waals surface area contributed by atoms with E-state index in [9.17, 15) is 10.1 Å². The molecule has 6 heteroatoms. The van der Waals surface area contributed by atoms with Gasteiger partial charge in [0.2, 0.25) is 0 Å². The first-order valence-electron chi connectivity index (χ1n) is 5.53. The summed E-state index contributed by atoms with van der Waals surface area (Å²) in [4.78, 5) is 16.2. The zero-order valence-corrected chi connectivity index (χ0v) is 10.1. The smallest absolute Gasteiger partial charge is 0.287 e. The van der Waals surface area contributed by atoms with Gasteiger partial charge in [-0.2, -0.15) is 0 Å². The van der Waals surface area contributed by atoms with E-state index in [0.29, 0.717) is 6.61 Å². The fraction of sp³-hybridized carbons (Fsp3) is 0.545. The number of rotatable bonds is 7. The lowest BCUT2D eigenvalue weighted by molar-refractivity contribution is -0.385. The molecule has 0 aliphatic carbocycles. The lowest BCUT2D eigenvalue weighted by Gasteiger charge is -2.22. The Morgan fingerprint density at radius 3 is 2.71 bits per heavy atom. The molecule has 1 aromatic heterocycles. The molecule has 0 radical (unpaired) electrons. The van der Waals surface area contributed by atoms with Crippen LogP contribution in [0, 0.1) is 10.1 Å². The van der Waals surface area contributed by atoms with Crippen LogP contribution in [0.1, 0.15) is 13.3 Å². The summed E-state index contributed by atoms with van der Waals surface area (Å²) in [6, 6.07) is 3.14. The van der Waals surface area contributed by atoms with E-state index in [1.165, 1.54) is 12.3 Å². The minimum Gasteiger partial charge on any atom is -0.383 e. The van der Waals surface area contributed by atoms with Gasteiger partial charge in [0.1, 0.15) is 12.0 Å². The maximum atomic E-state index is 10.5. The summed E-state index contributed by atoms with van der Waals surface area (Å²) in [6.07, 6.45) is 2.27. The molecule has 1 aromatic rings. The SMILES string of the molecule is CCCN(CCOC)c1ccc([N+](=O)[O-])cn1. The highest BCUT2D eigenvalue weighted by molar-refractivity contribution is 5.42. The second-order valence-corrected chi connectivity index (χ2v) is 3.61. The van der Waals surface area contributed by atoms with E-state index in [1.807, 2.05) is 4.90 Å². The molecular weight excluding hydrogens is 222 g/mol. The van der Waals surface area contributed by atoms with Crippen molar-refractivity contribution in [1.82, 2.24) is 4.98 Å². The average molecular weight is 239 g/mol. The number of anilines is 1. The summed E-state index contributed by atoms with van der Waals surface area (Å²) in [5.74, 6) is 0.745. The van der Waals surface area contributed by atoms with Gasteiger partial charge in [-0.05, 0) is 12.5 Å². The van der Waals surface area contributed by atoms with E-state index in [-0.39, 0.29) is 5.69 Å². The van der Waals surface area contributed by atoms with Crippen LogP contribution in [-0.4, -0.2) is 36.7 Å². The van der Waals surface area contributed by atoms with Crippen LogP contribution in [0.2, 0.25) is 0 Å². The number of methoxy groups -OCH3 is 1. The van der Waals surface area contributed by atoms with Crippen LogP contribution >= 0.6 is 0 Å². The predicted molar refractivity (Wildman–Crippen MR) is 65.3 cm³/mol. The summed E-state index contributed by atoms with van der Waals surface area (Å²) >= 11 is 0. The highest BCUT2D eigenvalue weighted by atomic mass is 16.6. The van der Waals surface area contributed by atoms with Crippen molar-refractivity contribution in [3.8, 4) is 0 Å². The third-order valence-electron chi connectivity index (χ3n) is 2.33. The summed E-state index contributed by atoms with van der Waals surface area (Å²) in [7, 11) is 1.65. The van der Waals surface area contributed by atoms with Gasteiger partial charge in [-0.1, -0.05) is 6.92 Å². The molecule has 1 heterocycles. The topological polar surface area (TPSA) is 68.5 Å². The van der Waals surface area contributed by atoms with E-state index in [0.717, 1.165) is 25.3 Å². The zero-order chi connectivity index (χ0) is 12.7. The highest BCUT2D eigenvalue weighted by Gasteiger charge is 2.10. The predicted octanol–water partition coefficient (Wildman–Crippen LogP) is 1.85. The van der Waals surface area contributed by atoms with Crippen LogP contribution in [0.15, 0.2) is 18.3 Å². The number of ether oxygens (including phenoxy) is 1. The van der Waals surface area contributed by atoms with Gasteiger partial charge in [-0.3, -0.25) is 10.1 Å². The second-order valence-electron chi connectivity index (χ2n) is 3.61. The Morgan fingerprint density at radius 1 is 1.47 bits per heavy atom. The van der Waals surface area contributed by atoms with Gasteiger partial charge in [-0.15, -0.1) is 0 Å². The molecule has 0 saturated heterocycles. The molecule has 0 fully saturated rings. The molecular formula is C11H17N3O3. The minimum atomic E-state index is -0.448. The maximum absolute atomic E-state index is 10.5. The molecule has 17 heavy (non-hydrogen) atoms. The Labute approximate surface area is 100 Å². The first-order chi connectivity index (χ1) is 8.19. The molecule has 0 bridgehead atoms. The molecule has 0 atom stereocenters. The van der Waals surface area contributed by atoms with Crippen LogP contribution in [0.3, 0.4) is 0 Å². The van der Waals surface area contributed by atoms with Crippen molar-refractivity contribution in [2.45, 2.75) is 13.3 Å². The van der Waals surface area contributed by atoms with Crippen molar-refractivity contribution in [2.24, 2.45) is 0 Å². The largest absolute Gasteiger partial charge is 0.383 e. The summed E-state index contributed by atoms with van der Waals surface area (Å²) in [5.41, 5.74) is 0.0111. The second kappa shape index (κ2) is 6.80. The fourth-order valence-corrected chi connectivity index (χ4v) is 1.49. The van der Waals surface area contributed by atoms with E-state index in [4.69, 9.17) is 4.74 Å². The molecule has 1 rings (SSSR count). The Bertz CT molecular complexity index is 353. The van der Waals surface area contributed by atoms with Crippen molar-refractivity contribution in [2.75, 3.05) is 31.7 Å². The van der Waals surface area contributed by atoms with Crippen LogP contribution < -0.4 is 4.90 Å². The van der Waals surface area contributed by atoms with Crippen LogP contribution in [0.5, 0.6) is 0 Å². The van der Waals surface area contributed by atoms with Gasteiger partial charge in [-0.25, -0.2) is 4.98 Å². The van der Waals surface area contributed by atoms with Crippen molar-refractivity contribution in [3.63, 3.8) is 0 Å². The quantitative estimate of drug-likeness (QED) is 0.536. The van der Waals surface area contributed by atoms with Crippen LogP contribution in [-0.2, 0) is 4.74 Å². The number of aromatic nitrogens is 1. The van der Waals surface area contributed by atoms with Gasteiger partial charge in [0, 0.05) is 26.3 Å². The molecule has 0 N–H and O–H groups in total. The van der Waals surface area contributed by atoms with E-state index >= 15 is 0 Å². The maximum Gasteiger partial charge on any atom is 0.287 e. The molecule has 0 aliphatic heterocycles. The van der Waals surface area contributed by atoms with Crippen molar-refractivity contribution in [1.29, 1.82) is 0 Å². The van der Waals surface area contributed by atoms with Gasteiger partial charge in [0.15, 0.2) is 0 Å². The van der Waals surface area contributed by atoms with Crippen LogP contribution in [0.25, 0.3) is 0 Å². The summed E-state index contributed by atoms with van der Waals surface area (Å²) < 4.78 is 5.02. The number of hydrogen-bond donors (Lipinski definition) is 0. The van der Waals surface area contributed by atoms with Gasteiger partial charge in [0.05, 0.1) is 11.5 Å². The molecule has 0 saturated carbocycles. The van der Waals surface area contributed by atoms with E-state index < -0.39 is 4.92 Å². The number of nitrogens with zero attached hydrogens (tertiary/aromatic N) is 3. The minimum absolute atomic E-state index is 0.0111. The van der Waals surface area contributed by atoms with Crippen molar-refractivity contribution >= 4 is 11.5 Å². The molecule has 0 unspecified atom stereocenters. The number of nitro groups is 1. The third kappa shape index (κ3) is 3.99. The molecule has 0 aliphatic rings. The van der Waals surface area contributed by atoms with E-state index in [2.05, 4.69) is 11.9 Å². The van der Waals surface area contributed by atoms with Gasteiger partial charge < -0.3 is 9.64 Å². The highest BCUT2D eigenvalue weighted by Crippen LogP contribution is 2.15. The summed E-state index contributed by atoms with van der Waals surface area (Å²) in [6.45, 7) is 4.27. The lowest BCUT2D eigenvalue weighted by atomic mass is 10.3. The first-order valence-corrected chi connectivity index (χ1v) is 5.53. The molecule has 6 nitrogen and oxygen atoms in total. The normalized spacial score (nSPS) is 10.2. The Morgan fingerprint density at radius 2 is 2.24 bits per heavy atom. The average Bonchev–Trinajstić information content (AvgIpc) is 2.34. The number of hydrogen-bond acceptors (Lipinski definition) is 5. The number of pyridine rings is 1. The van der Waals surface area contributed by atoms with Crippen LogP contribution in [0.4, 0.5) is 11.5 Å². The van der Waals surface area contributed by atoms with E-state index in [1.54, 1.807) is 13.2 Å². The van der Waals surface area contributed by atoms with Gasteiger partial charge in [0.25, 0.3) is 5.69 Å². The lowest BCUT2D eigenvalue weighted by Crippen LogP contribution is -2.28. The zero-order valence-electron chi connectivity index (χ0n) is 10.1. The van der Waals surface area contributed by atoms with Crippen molar-refractivity contribution < 1.29 is 9.66 Å². The Balaban J connectivity index is 2.75. The fourth-order valence-electron chi connectivity index (χ4n) is 1.49. The summed E-state index contributed by atoms with van der Waals surface area (Å²) in [5, 5.41) is 10.5. The van der Waals surface area contributed by atoms with Gasteiger partial charge >= 0.3 is 0 Å². The molecule has 0 spiro atoms. The monoisotopic (exact) mass is 239 g/mol. The standard InChI is InChI=1S/C11H17N3O3/c1-3-6-13(7-8-17-2)11-5-4-10(9-12-11)14(15)16/h4-5,9H,3,6-8H2,1-2H3. The molecule has 0 aromatic carbocycles. The molecule has 94 valence electrons. The van der Waals surface area contributed by atoms with Crippen molar-refractivity contribution in [3.05, 3.63) is 28.4 Å². The Kier molecular flexibility index (Phi) is 5.35. The molecule has 0 amide bonds.